The molecule has 0 atom stereocenters. The molecule has 0 spiro atoms. The van der Waals surface area contributed by atoms with E-state index in [9.17, 15) is 43.2 Å². The van der Waals surface area contributed by atoms with Crippen molar-refractivity contribution < 1.29 is 60.9 Å². The zero-order valence-electron chi connectivity index (χ0n) is 21.5. The minimum absolute atomic E-state index is 0.778. The molecule has 37 heavy (non-hydrogen) atoms. The Morgan fingerprint density at radius 3 is 1.54 bits per heavy atom. The fourth-order valence-corrected chi connectivity index (χ4v) is 7.43. The molecule has 0 aromatic heterocycles. The van der Waals surface area contributed by atoms with Crippen molar-refractivity contribution in [1.82, 2.24) is 0 Å². The summed E-state index contributed by atoms with van der Waals surface area (Å²) in [5.74, 6) is 0. The summed E-state index contributed by atoms with van der Waals surface area (Å²) in [4.78, 5) is 0. The van der Waals surface area contributed by atoms with Crippen LogP contribution in [0, 0.1) is 0 Å². The number of alkyl halides is 6. The van der Waals surface area contributed by atoms with Gasteiger partial charge >= 0.3 is 19.8 Å². The summed E-state index contributed by atoms with van der Waals surface area (Å²) in [5, 5.41) is 0. The molecule has 0 aliphatic carbocycles. The van der Waals surface area contributed by atoms with Gasteiger partial charge in [0.2, 0.25) is 0 Å². The van der Waals surface area contributed by atoms with Gasteiger partial charge in [-0.05, 0) is 32.1 Å². The zero-order valence-corrected chi connectivity index (χ0v) is 24.2. The van der Waals surface area contributed by atoms with Gasteiger partial charge in [-0.1, -0.05) is 19.8 Å². The number of quaternary nitrogens is 1. The maximum atomic E-state index is 11.4. The van der Waals surface area contributed by atoms with Crippen molar-refractivity contribution in [2.24, 2.45) is 0 Å². The van der Waals surface area contributed by atoms with E-state index >= 15 is 0 Å². The highest BCUT2D eigenvalue weighted by Crippen LogP contribution is 2.36. The Hall–Kier alpha value is -0.503. The third-order valence-electron chi connectivity index (χ3n) is 6.08. The lowest BCUT2D eigenvalue weighted by Gasteiger charge is -2.42. The average Bonchev–Trinajstić information content (AvgIpc) is 2.79. The van der Waals surface area contributed by atoms with E-state index in [2.05, 4.69) is 6.92 Å². The Kier molecular flexibility index (Phi) is 15.1. The van der Waals surface area contributed by atoms with Crippen LogP contribution in [0.3, 0.4) is 0 Å². The average molecular weight is 613 g/mol. The minimum Gasteiger partial charge on any atom is -0.421 e. The molecule has 18 heteroatoms. The van der Waals surface area contributed by atoms with E-state index in [-0.39, 0.29) is 0 Å². The second kappa shape index (κ2) is 15.3. The quantitative estimate of drug-likeness (QED) is 0.119. The maximum absolute atomic E-state index is 11.4. The van der Waals surface area contributed by atoms with Gasteiger partial charge in [-0.2, -0.15) is 26.3 Å². The van der Waals surface area contributed by atoms with Gasteiger partial charge in [0.15, 0.2) is 20.0 Å². The summed E-state index contributed by atoms with van der Waals surface area (Å²) >= 11 is 0. The van der Waals surface area contributed by atoms with Crippen LogP contribution in [0.2, 0.25) is 6.04 Å². The van der Waals surface area contributed by atoms with E-state index in [1.54, 1.807) is 21.3 Å². The number of rotatable bonds is 14. The lowest BCUT2D eigenvalue weighted by atomic mass is 10.1. The van der Waals surface area contributed by atoms with Gasteiger partial charge in [0.1, 0.15) is 0 Å². The zero-order chi connectivity index (χ0) is 29.0. The SMILES string of the molecule is CCCCCC[N+]1(CCC[Si](OC)(OC)OC)CCCCC1.O=S(=O)([N-]S(=O)(=O)C(F)(F)F)C(F)(F)F. The molecule has 0 bridgehead atoms. The van der Waals surface area contributed by atoms with E-state index in [0.717, 1.165) is 16.6 Å². The van der Waals surface area contributed by atoms with Crippen molar-refractivity contribution in [3.63, 3.8) is 0 Å². The number of sulfonamides is 2. The first kappa shape index (κ1) is 36.5. The number of halogens is 6. The molecule has 0 unspecified atom stereocenters. The lowest BCUT2D eigenvalue weighted by Crippen LogP contribution is -2.53. The predicted octanol–water partition coefficient (Wildman–Crippen LogP) is 4.89. The van der Waals surface area contributed by atoms with Gasteiger partial charge < -0.3 is 21.9 Å². The molecule has 1 heterocycles. The minimum atomic E-state index is -6.72. The normalized spacial score (nSPS) is 17.2. The molecule has 1 aliphatic rings. The van der Waals surface area contributed by atoms with Gasteiger partial charge in [0.25, 0.3) is 0 Å². The number of nitrogens with zero attached hydrogens (tertiary/aromatic N) is 2. The summed E-state index contributed by atoms with van der Waals surface area (Å²) in [7, 11) is -10.7. The predicted molar refractivity (Wildman–Crippen MR) is 127 cm³/mol. The third-order valence-corrected chi connectivity index (χ3v) is 11.7. The molecule has 1 rings (SSSR count). The summed E-state index contributed by atoms with van der Waals surface area (Å²) in [6, 6.07) is 0.936. The van der Waals surface area contributed by atoms with Crippen LogP contribution >= 0.6 is 0 Å². The molecule has 1 fully saturated rings. The standard InChI is InChI=1S/C17H38NO3Si.C2F6NO4S2/c1-5-6-7-9-13-18(14-10-8-11-15-18)16-12-17-22(19-2,20-3)21-4;3-1(4,5)14(10,11)9-15(12,13)2(6,7)8/h5-17H2,1-4H3;/q+1;-1. The Labute approximate surface area is 216 Å². The van der Waals surface area contributed by atoms with Crippen molar-refractivity contribution in [1.29, 1.82) is 0 Å². The van der Waals surface area contributed by atoms with Gasteiger partial charge in [-0.25, -0.2) is 16.8 Å². The number of piperidine rings is 1. The number of hydrogen-bond acceptors (Lipinski definition) is 7. The molecule has 0 N–H and O–H groups in total. The van der Waals surface area contributed by atoms with Crippen LogP contribution in [0.25, 0.3) is 4.13 Å². The topological polar surface area (TPSA) is 110 Å². The van der Waals surface area contributed by atoms with Gasteiger partial charge in [-0.15, -0.1) is 0 Å². The summed E-state index contributed by atoms with van der Waals surface area (Å²) < 4.78 is 127. The van der Waals surface area contributed by atoms with E-state index in [0.29, 0.717) is 0 Å². The largest absolute Gasteiger partial charge is 0.500 e. The molecule has 9 nitrogen and oxygen atoms in total. The van der Waals surface area contributed by atoms with Crippen LogP contribution in [0.1, 0.15) is 58.3 Å². The lowest BCUT2D eigenvalue weighted by molar-refractivity contribution is -0.932. The Morgan fingerprint density at radius 2 is 1.16 bits per heavy atom. The summed E-state index contributed by atoms with van der Waals surface area (Å²) in [6.07, 6.45) is 10.8. The molecule has 0 aromatic carbocycles. The third kappa shape index (κ3) is 12.0. The van der Waals surface area contributed by atoms with Gasteiger partial charge in [0, 0.05) is 33.8 Å². The molecule has 0 aromatic rings. The molecule has 0 radical (unpaired) electrons. The first-order chi connectivity index (χ1) is 16.9. The van der Waals surface area contributed by atoms with Gasteiger partial charge in [-0.3, -0.25) is 0 Å². The molecule has 1 saturated heterocycles. The smallest absolute Gasteiger partial charge is 0.421 e. The van der Waals surface area contributed by atoms with Crippen LogP contribution in [0.15, 0.2) is 0 Å². The first-order valence-electron chi connectivity index (χ1n) is 11.7. The molecule has 1 aliphatic heterocycles. The Morgan fingerprint density at radius 1 is 0.730 bits per heavy atom. The van der Waals surface area contributed by atoms with Crippen molar-refractivity contribution in [2.75, 3.05) is 47.5 Å². The van der Waals surface area contributed by atoms with E-state index in [4.69, 9.17) is 13.3 Å². The second-order valence-corrected chi connectivity index (χ2v) is 15.2. The Balaban J connectivity index is 0.000000757. The molecule has 0 amide bonds. The van der Waals surface area contributed by atoms with E-state index in [1.165, 1.54) is 75.6 Å². The fourth-order valence-electron chi connectivity index (χ4n) is 4.02. The second-order valence-electron chi connectivity index (χ2n) is 8.67. The van der Waals surface area contributed by atoms with Crippen LogP contribution in [0.4, 0.5) is 26.3 Å². The van der Waals surface area contributed by atoms with E-state index < -0.39 is 39.9 Å². The van der Waals surface area contributed by atoms with E-state index in [1.807, 2.05) is 0 Å². The number of hydrogen-bond donors (Lipinski definition) is 0. The van der Waals surface area contributed by atoms with Crippen molar-refractivity contribution >= 4 is 28.9 Å². The highest BCUT2D eigenvalue weighted by Gasteiger charge is 2.47. The highest BCUT2D eigenvalue weighted by molar-refractivity contribution is 8.13. The fraction of sp³-hybridized carbons (Fsp3) is 1.00. The van der Waals surface area contributed by atoms with Crippen molar-refractivity contribution in [3.8, 4) is 0 Å². The van der Waals surface area contributed by atoms with Crippen LogP contribution < -0.4 is 0 Å². The van der Waals surface area contributed by atoms with Crippen LogP contribution in [0.5, 0.6) is 0 Å². The number of likely N-dealkylation sites (tertiary alicyclic amines) is 1. The molecular weight excluding hydrogens is 574 g/mol. The van der Waals surface area contributed by atoms with Crippen molar-refractivity contribution in [3.05, 3.63) is 4.13 Å². The maximum Gasteiger partial charge on any atom is 0.500 e. The summed E-state index contributed by atoms with van der Waals surface area (Å²) in [5.41, 5.74) is -12.4. The first-order valence-corrected chi connectivity index (χ1v) is 16.5. The molecule has 0 saturated carbocycles. The van der Waals surface area contributed by atoms with Gasteiger partial charge in [0.05, 0.1) is 26.2 Å². The monoisotopic (exact) mass is 612 g/mol. The molecule has 224 valence electrons. The Bertz CT molecular complexity index is 811. The van der Waals surface area contributed by atoms with Crippen LogP contribution in [-0.2, 0) is 33.3 Å². The summed E-state index contributed by atoms with van der Waals surface area (Å²) in [6.45, 7) is 7.65. The van der Waals surface area contributed by atoms with Crippen molar-refractivity contribution in [2.45, 2.75) is 75.4 Å². The number of unbranched alkanes of at least 4 members (excludes halogenated alkanes) is 3. The molecular formula is C19H38F6N2O7S2Si. The highest BCUT2D eigenvalue weighted by atomic mass is 32.3. The van der Waals surface area contributed by atoms with Crippen LogP contribution in [-0.4, -0.2) is 88.6 Å².